The molecule has 0 bridgehead atoms. The van der Waals surface area contributed by atoms with E-state index < -0.39 is 8.32 Å². The zero-order valence-corrected chi connectivity index (χ0v) is 12.8. The van der Waals surface area contributed by atoms with Crippen molar-refractivity contribution in [1.29, 1.82) is 0 Å². The van der Waals surface area contributed by atoms with Gasteiger partial charge >= 0.3 is 0 Å². The molecule has 0 spiro atoms. The molecule has 1 aliphatic carbocycles. The first-order chi connectivity index (χ1) is 8.31. The molecule has 3 heteroatoms. The zero-order chi connectivity index (χ0) is 13.4. The molecule has 0 atom stereocenters. The van der Waals surface area contributed by atoms with Gasteiger partial charge in [-0.2, -0.15) is 0 Å². The van der Waals surface area contributed by atoms with Gasteiger partial charge in [-0.25, -0.2) is 0 Å². The molecule has 1 aromatic rings. The second kappa shape index (κ2) is 4.39. The van der Waals surface area contributed by atoms with E-state index >= 15 is 0 Å². The highest BCUT2D eigenvalue weighted by molar-refractivity contribution is 6.74. The van der Waals surface area contributed by atoms with Crippen molar-refractivity contribution in [3.63, 3.8) is 0 Å². The van der Waals surface area contributed by atoms with Crippen molar-refractivity contribution < 1.29 is 4.53 Å². The first-order valence-corrected chi connectivity index (χ1v) is 9.26. The van der Waals surface area contributed by atoms with Crippen LogP contribution in [0.1, 0.15) is 31.9 Å². The van der Waals surface area contributed by atoms with Crippen LogP contribution in [0.2, 0.25) is 18.1 Å². The molecule has 0 aromatic heterocycles. The molecule has 0 fully saturated rings. The largest absolute Gasteiger partial charge is 0.454 e. The topological polar surface area (TPSA) is 21.6 Å². The van der Waals surface area contributed by atoms with E-state index in [1.54, 1.807) is 0 Å². The van der Waals surface area contributed by atoms with Gasteiger partial charge in [-0.1, -0.05) is 51.1 Å². The SMILES string of the molecule is CC(C)(C)[Si](C)(C)ON=C1C=Cc2ccccc21. The minimum atomic E-state index is -1.82. The number of hydrogen-bond donors (Lipinski definition) is 0. The summed E-state index contributed by atoms with van der Waals surface area (Å²) in [6.07, 6.45) is 4.11. The Hall–Kier alpha value is -1.35. The van der Waals surface area contributed by atoms with Crippen LogP contribution >= 0.6 is 0 Å². The predicted molar refractivity (Wildman–Crippen MR) is 80.3 cm³/mol. The molecule has 0 heterocycles. The Balaban J connectivity index is 2.21. The summed E-state index contributed by atoms with van der Waals surface area (Å²) in [5, 5.41) is 4.57. The van der Waals surface area contributed by atoms with Crippen molar-refractivity contribution in [3.05, 3.63) is 41.5 Å². The number of rotatable bonds is 2. The van der Waals surface area contributed by atoms with Crippen molar-refractivity contribution in [2.75, 3.05) is 0 Å². The van der Waals surface area contributed by atoms with Crippen molar-refractivity contribution in [2.45, 2.75) is 38.9 Å². The van der Waals surface area contributed by atoms with Crippen molar-refractivity contribution in [3.8, 4) is 0 Å². The van der Waals surface area contributed by atoms with Gasteiger partial charge in [0.2, 0.25) is 0 Å². The average Bonchev–Trinajstić information content (AvgIpc) is 2.68. The third-order valence-corrected chi connectivity index (χ3v) is 8.00. The lowest BCUT2D eigenvalue weighted by Crippen LogP contribution is -2.39. The molecule has 0 unspecified atom stereocenters. The van der Waals surface area contributed by atoms with E-state index in [4.69, 9.17) is 4.53 Å². The number of nitrogens with zero attached hydrogens (tertiary/aromatic N) is 1. The first-order valence-electron chi connectivity index (χ1n) is 6.35. The van der Waals surface area contributed by atoms with Crippen molar-refractivity contribution >= 4 is 20.1 Å². The number of benzene rings is 1. The summed E-state index contributed by atoms with van der Waals surface area (Å²) in [6, 6.07) is 8.26. The highest BCUT2D eigenvalue weighted by Gasteiger charge is 2.40. The second-order valence-electron chi connectivity index (χ2n) is 6.25. The van der Waals surface area contributed by atoms with Gasteiger partial charge in [0.05, 0.1) is 0 Å². The quantitative estimate of drug-likeness (QED) is 0.568. The molecule has 18 heavy (non-hydrogen) atoms. The van der Waals surface area contributed by atoms with E-state index in [1.165, 1.54) is 5.56 Å². The van der Waals surface area contributed by atoms with Crippen LogP contribution in [0.4, 0.5) is 0 Å². The molecule has 1 aliphatic rings. The Morgan fingerprint density at radius 3 is 2.39 bits per heavy atom. The van der Waals surface area contributed by atoms with Crippen LogP contribution < -0.4 is 0 Å². The van der Waals surface area contributed by atoms with Crippen molar-refractivity contribution in [1.82, 2.24) is 0 Å². The number of fused-ring (bicyclic) bond motifs is 1. The average molecular weight is 259 g/mol. The van der Waals surface area contributed by atoms with E-state index in [-0.39, 0.29) is 5.04 Å². The minimum absolute atomic E-state index is 0.179. The molecule has 2 rings (SSSR count). The normalized spacial score (nSPS) is 17.1. The van der Waals surface area contributed by atoms with E-state index in [1.807, 2.05) is 18.2 Å². The molecule has 0 saturated heterocycles. The fraction of sp³-hybridized carbons (Fsp3) is 0.400. The molecule has 2 nitrogen and oxygen atoms in total. The molecule has 0 amide bonds. The molecule has 1 aromatic carbocycles. The Bertz CT molecular complexity index is 509. The summed E-state index contributed by atoms with van der Waals surface area (Å²) >= 11 is 0. The smallest absolute Gasteiger partial charge is 0.286 e. The Morgan fingerprint density at radius 2 is 1.72 bits per heavy atom. The van der Waals surface area contributed by atoms with Crippen LogP contribution in [0, 0.1) is 0 Å². The summed E-state index contributed by atoms with van der Waals surface area (Å²) < 4.78 is 5.91. The highest BCUT2D eigenvalue weighted by atomic mass is 28.4. The van der Waals surface area contributed by atoms with E-state index in [9.17, 15) is 0 Å². The molecule has 0 aliphatic heterocycles. The lowest BCUT2D eigenvalue weighted by Gasteiger charge is -2.33. The fourth-order valence-electron chi connectivity index (χ4n) is 1.51. The van der Waals surface area contributed by atoms with Gasteiger partial charge in [-0.3, -0.25) is 0 Å². The first kappa shape index (κ1) is 13.1. The number of allylic oxidation sites excluding steroid dienone is 1. The third kappa shape index (κ3) is 2.41. The third-order valence-electron chi connectivity index (χ3n) is 3.84. The fourth-order valence-corrected chi connectivity index (χ4v) is 2.11. The van der Waals surface area contributed by atoms with Gasteiger partial charge in [0, 0.05) is 5.56 Å². The number of oxime groups is 1. The van der Waals surface area contributed by atoms with E-state index in [0.717, 1.165) is 11.3 Å². The summed E-state index contributed by atoms with van der Waals surface area (Å²) in [6.45, 7) is 11.1. The van der Waals surface area contributed by atoms with Gasteiger partial charge in [-0.05, 0) is 29.8 Å². The second-order valence-corrected chi connectivity index (χ2v) is 11.0. The molecule has 0 saturated carbocycles. The lowest BCUT2D eigenvalue weighted by molar-refractivity contribution is 0.309. The van der Waals surface area contributed by atoms with E-state index in [2.05, 4.69) is 57.2 Å². The standard InChI is InChI=1S/C15H21NOSi/c1-15(2,3)18(4,5)17-16-14-11-10-12-8-6-7-9-13(12)14/h6-11H,1-5H3. The van der Waals surface area contributed by atoms with Crippen LogP contribution in [0.15, 0.2) is 35.5 Å². The predicted octanol–water partition coefficient (Wildman–Crippen LogP) is 4.44. The van der Waals surface area contributed by atoms with E-state index in [0.29, 0.717) is 0 Å². The van der Waals surface area contributed by atoms with Crippen LogP contribution in [0.25, 0.3) is 6.08 Å². The Labute approximate surface area is 110 Å². The van der Waals surface area contributed by atoms with Gasteiger partial charge in [0.25, 0.3) is 8.32 Å². The maximum atomic E-state index is 5.91. The van der Waals surface area contributed by atoms with Crippen LogP contribution in [-0.2, 0) is 4.53 Å². The minimum Gasteiger partial charge on any atom is -0.454 e. The molecule has 0 radical (unpaired) electrons. The zero-order valence-electron chi connectivity index (χ0n) is 11.8. The molecule has 0 N–H and O–H groups in total. The molecule has 96 valence electrons. The van der Waals surface area contributed by atoms with Crippen LogP contribution in [0.5, 0.6) is 0 Å². The van der Waals surface area contributed by atoms with Gasteiger partial charge in [0.1, 0.15) is 5.71 Å². The highest BCUT2D eigenvalue weighted by Crippen LogP contribution is 2.37. The maximum absolute atomic E-state index is 5.91. The van der Waals surface area contributed by atoms with Crippen molar-refractivity contribution in [2.24, 2.45) is 5.16 Å². The van der Waals surface area contributed by atoms with Crippen LogP contribution in [0.3, 0.4) is 0 Å². The monoisotopic (exact) mass is 259 g/mol. The summed E-state index contributed by atoms with van der Waals surface area (Å²) in [5.74, 6) is 0. The summed E-state index contributed by atoms with van der Waals surface area (Å²) in [5.41, 5.74) is 3.32. The Morgan fingerprint density at radius 1 is 1.06 bits per heavy atom. The summed E-state index contributed by atoms with van der Waals surface area (Å²) in [4.78, 5) is 0. The van der Waals surface area contributed by atoms with Gasteiger partial charge < -0.3 is 4.53 Å². The molecular formula is C15H21NOSi. The lowest BCUT2D eigenvalue weighted by atomic mass is 10.1. The Kier molecular flexibility index (Phi) is 3.19. The molecular weight excluding hydrogens is 238 g/mol. The maximum Gasteiger partial charge on any atom is 0.286 e. The van der Waals surface area contributed by atoms with Gasteiger partial charge in [-0.15, -0.1) is 5.16 Å². The number of hydrogen-bond acceptors (Lipinski definition) is 2. The van der Waals surface area contributed by atoms with Gasteiger partial charge in [0.15, 0.2) is 0 Å². The summed E-state index contributed by atoms with van der Waals surface area (Å²) in [7, 11) is -1.82. The van der Waals surface area contributed by atoms with Crippen LogP contribution in [-0.4, -0.2) is 14.0 Å².